The van der Waals surface area contributed by atoms with Gasteiger partial charge in [0.25, 0.3) is 5.91 Å². The van der Waals surface area contributed by atoms with Crippen LogP contribution < -0.4 is 9.46 Å². The number of ether oxygens (including phenoxy) is 1. The second-order valence-electron chi connectivity index (χ2n) is 5.83. The highest BCUT2D eigenvalue weighted by molar-refractivity contribution is 7.89. The van der Waals surface area contributed by atoms with E-state index in [9.17, 15) is 13.2 Å². The number of rotatable bonds is 7. The number of sulfonamides is 1. The molecule has 134 valence electrons. The zero-order valence-electron chi connectivity index (χ0n) is 13.7. The minimum Gasteiger partial charge on any atom is -0.484 e. The molecular weight excluding hydrogens is 352 g/mol. The molecule has 1 aliphatic heterocycles. The lowest BCUT2D eigenvalue weighted by molar-refractivity contribution is -0.134. The Morgan fingerprint density at radius 2 is 1.92 bits per heavy atom. The Morgan fingerprint density at radius 3 is 2.50 bits per heavy atom. The maximum Gasteiger partial charge on any atom is 0.260 e. The van der Waals surface area contributed by atoms with E-state index >= 15 is 0 Å². The van der Waals surface area contributed by atoms with E-state index in [-0.39, 0.29) is 24.3 Å². The van der Waals surface area contributed by atoms with Crippen LogP contribution in [0.25, 0.3) is 0 Å². The molecule has 0 spiro atoms. The number of benzene rings is 1. The zero-order valence-corrected chi connectivity index (χ0v) is 15.3. The van der Waals surface area contributed by atoms with Gasteiger partial charge in [0.1, 0.15) is 5.75 Å². The highest BCUT2D eigenvalue weighted by Crippen LogP contribution is 2.16. The zero-order chi connectivity index (χ0) is 17.6. The van der Waals surface area contributed by atoms with Crippen molar-refractivity contribution >= 4 is 27.5 Å². The van der Waals surface area contributed by atoms with Crippen molar-refractivity contribution in [1.82, 2.24) is 9.62 Å². The number of hydrogen-bond acceptors (Lipinski definition) is 4. The molecule has 1 aliphatic rings. The Balaban J connectivity index is 1.75. The van der Waals surface area contributed by atoms with Crippen LogP contribution in [0.2, 0.25) is 5.02 Å². The molecule has 0 unspecified atom stereocenters. The van der Waals surface area contributed by atoms with Crippen molar-refractivity contribution in [2.24, 2.45) is 0 Å². The molecule has 1 amide bonds. The van der Waals surface area contributed by atoms with Gasteiger partial charge in [-0.15, -0.1) is 0 Å². The number of halogens is 1. The van der Waals surface area contributed by atoms with Crippen molar-refractivity contribution in [3.63, 3.8) is 0 Å². The molecule has 24 heavy (non-hydrogen) atoms. The first-order valence-corrected chi connectivity index (χ1v) is 10.1. The summed E-state index contributed by atoms with van der Waals surface area (Å²) >= 11 is 5.80. The molecule has 0 bridgehead atoms. The maximum atomic E-state index is 12.2. The van der Waals surface area contributed by atoms with Crippen LogP contribution in [0, 0.1) is 0 Å². The Labute approximate surface area is 148 Å². The van der Waals surface area contributed by atoms with Gasteiger partial charge in [-0.25, -0.2) is 13.1 Å². The third-order valence-electron chi connectivity index (χ3n) is 3.84. The van der Waals surface area contributed by atoms with Crippen LogP contribution in [0.3, 0.4) is 0 Å². The summed E-state index contributed by atoms with van der Waals surface area (Å²) in [5.41, 5.74) is 0. The van der Waals surface area contributed by atoms with E-state index < -0.39 is 10.0 Å². The molecule has 0 aliphatic carbocycles. The van der Waals surface area contributed by atoms with E-state index in [2.05, 4.69) is 4.72 Å². The summed E-state index contributed by atoms with van der Waals surface area (Å²) in [5.74, 6) is 0.635. The van der Waals surface area contributed by atoms with E-state index in [1.165, 1.54) is 0 Å². The van der Waals surface area contributed by atoms with Gasteiger partial charge in [0.05, 0.1) is 5.75 Å². The Hall–Kier alpha value is -1.31. The average Bonchev–Trinajstić information content (AvgIpc) is 2.54. The molecule has 8 heteroatoms. The van der Waals surface area contributed by atoms with E-state index in [4.69, 9.17) is 16.3 Å². The lowest BCUT2D eigenvalue weighted by Crippen LogP contribution is -2.48. The van der Waals surface area contributed by atoms with Gasteiger partial charge < -0.3 is 9.64 Å². The highest BCUT2D eigenvalue weighted by atomic mass is 35.5. The van der Waals surface area contributed by atoms with Crippen molar-refractivity contribution in [2.75, 3.05) is 25.4 Å². The number of nitrogens with zero attached hydrogens (tertiary/aromatic N) is 1. The van der Waals surface area contributed by atoms with E-state index in [1.54, 1.807) is 29.2 Å². The predicted molar refractivity (Wildman–Crippen MR) is 93.8 cm³/mol. The lowest BCUT2D eigenvalue weighted by atomic mass is 10.1. The number of carbonyl (C=O) groups excluding carboxylic acids is 1. The van der Waals surface area contributed by atoms with Gasteiger partial charge in [0.15, 0.2) is 6.61 Å². The molecule has 0 aromatic heterocycles. The van der Waals surface area contributed by atoms with E-state index in [0.29, 0.717) is 43.1 Å². The van der Waals surface area contributed by atoms with Crippen LogP contribution in [-0.4, -0.2) is 50.7 Å². The largest absolute Gasteiger partial charge is 0.484 e. The number of piperidine rings is 1. The molecule has 0 radical (unpaired) electrons. The Morgan fingerprint density at radius 1 is 1.29 bits per heavy atom. The van der Waals surface area contributed by atoms with Gasteiger partial charge >= 0.3 is 0 Å². The third kappa shape index (κ3) is 5.96. The van der Waals surface area contributed by atoms with Gasteiger partial charge in [-0.3, -0.25) is 4.79 Å². The normalized spacial score (nSPS) is 16.2. The first-order chi connectivity index (χ1) is 11.4. The molecule has 1 saturated heterocycles. The lowest BCUT2D eigenvalue weighted by Gasteiger charge is -2.32. The average molecular weight is 375 g/mol. The first kappa shape index (κ1) is 19.0. The summed E-state index contributed by atoms with van der Waals surface area (Å²) in [5, 5.41) is 0.612. The van der Waals surface area contributed by atoms with E-state index in [0.717, 1.165) is 0 Å². The van der Waals surface area contributed by atoms with Crippen LogP contribution >= 0.6 is 11.6 Å². The summed E-state index contributed by atoms with van der Waals surface area (Å²) in [7, 11) is -3.21. The number of amides is 1. The molecule has 1 heterocycles. The van der Waals surface area contributed by atoms with Crippen LogP contribution in [-0.2, 0) is 14.8 Å². The van der Waals surface area contributed by atoms with Gasteiger partial charge in [-0.05, 0) is 43.5 Å². The van der Waals surface area contributed by atoms with E-state index in [1.807, 2.05) is 6.92 Å². The fourth-order valence-corrected chi connectivity index (χ4v) is 4.12. The number of nitrogens with one attached hydrogen (secondary N) is 1. The number of likely N-dealkylation sites (tertiary alicyclic amines) is 1. The summed E-state index contributed by atoms with van der Waals surface area (Å²) in [6.45, 7) is 2.86. The topological polar surface area (TPSA) is 75.7 Å². The van der Waals surface area contributed by atoms with Gasteiger partial charge in [0.2, 0.25) is 10.0 Å². The molecule has 0 atom stereocenters. The molecule has 1 aromatic carbocycles. The summed E-state index contributed by atoms with van der Waals surface area (Å²) < 4.78 is 31.7. The van der Waals surface area contributed by atoms with Crippen molar-refractivity contribution in [2.45, 2.75) is 32.2 Å². The first-order valence-electron chi connectivity index (χ1n) is 8.06. The van der Waals surface area contributed by atoms with Crippen molar-refractivity contribution < 1.29 is 17.9 Å². The number of hydrogen-bond donors (Lipinski definition) is 1. The second-order valence-corrected chi connectivity index (χ2v) is 8.14. The SMILES string of the molecule is CCCS(=O)(=O)NC1CCN(C(=O)COc2ccc(Cl)cc2)CC1. The summed E-state index contributed by atoms with van der Waals surface area (Å²) in [4.78, 5) is 13.9. The van der Waals surface area contributed by atoms with Crippen LogP contribution in [0.15, 0.2) is 24.3 Å². The number of carbonyl (C=O) groups is 1. The summed E-state index contributed by atoms with van der Waals surface area (Å²) in [6, 6.07) is 6.74. The molecule has 1 aromatic rings. The van der Waals surface area contributed by atoms with Crippen LogP contribution in [0.5, 0.6) is 5.75 Å². The minimum atomic E-state index is -3.21. The maximum absolute atomic E-state index is 12.2. The minimum absolute atomic E-state index is 0.0339. The predicted octanol–water partition coefficient (Wildman–Crippen LogP) is 2.04. The Bertz CT molecular complexity index is 641. The monoisotopic (exact) mass is 374 g/mol. The van der Waals surface area contributed by atoms with Crippen molar-refractivity contribution in [3.8, 4) is 5.75 Å². The molecule has 2 rings (SSSR count). The van der Waals surface area contributed by atoms with Gasteiger partial charge in [-0.2, -0.15) is 0 Å². The molecule has 0 saturated carbocycles. The van der Waals surface area contributed by atoms with Gasteiger partial charge in [0, 0.05) is 24.2 Å². The molecular formula is C16H23ClN2O4S. The van der Waals surface area contributed by atoms with Crippen molar-refractivity contribution in [3.05, 3.63) is 29.3 Å². The quantitative estimate of drug-likeness (QED) is 0.792. The third-order valence-corrected chi connectivity index (χ3v) is 5.73. The molecule has 6 nitrogen and oxygen atoms in total. The fourth-order valence-electron chi connectivity index (χ4n) is 2.60. The molecule has 1 N–H and O–H groups in total. The van der Waals surface area contributed by atoms with Crippen LogP contribution in [0.1, 0.15) is 26.2 Å². The smallest absolute Gasteiger partial charge is 0.260 e. The highest BCUT2D eigenvalue weighted by Gasteiger charge is 2.25. The molecule has 1 fully saturated rings. The Kier molecular flexibility index (Phi) is 6.89. The summed E-state index contributed by atoms with van der Waals surface area (Å²) in [6.07, 6.45) is 1.83. The van der Waals surface area contributed by atoms with Gasteiger partial charge in [-0.1, -0.05) is 18.5 Å². The fraction of sp³-hybridized carbons (Fsp3) is 0.562. The van der Waals surface area contributed by atoms with Crippen molar-refractivity contribution in [1.29, 1.82) is 0 Å². The standard InChI is InChI=1S/C16H23ClN2O4S/c1-2-11-24(21,22)18-14-7-9-19(10-8-14)16(20)12-23-15-5-3-13(17)4-6-15/h3-6,14,18H,2,7-12H2,1H3. The van der Waals surface area contributed by atoms with Crippen LogP contribution in [0.4, 0.5) is 0 Å². The second kappa shape index (κ2) is 8.69.